The molecule has 218 valence electrons. The second-order valence-electron chi connectivity index (χ2n) is 12.5. The van der Waals surface area contributed by atoms with Crippen molar-refractivity contribution in [1.29, 1.82) is 0 Å². The third-order valence-corrected chi connectivity index (χ3v) is 9.33. The molecule has 1 aliphatic carbocycles. The normalized spacial score (nSPS) is 13.2. The summed E-state index contributed by atoms with van der Waals surface area (Å²) in [5, 5.41) is 0. The molecular formula is C42H29N3O. The van der Waals surface area contributed by atoms with Crippen LogP contribution in [0.25, 0.3) is 78.4 Å². The molecule has 0 bridgehead atoms. The number of fused-ring (bicyclic) bond motifs is 5. The Labute approximate surface area is 267 Å². The number of oxazole rings is 1. The van der Waals surface area contributed by atoms with Crippen molar-refractivity contribution >= 4 is 22.1 Å². The first-order valence-electron chi connectivity index (χ1n) is 15.6. The summed E-state index contributed by atoms with van der Waals surface area (Å²) >= 11 is 0. The van der Waals surface area contributed by atoms with E-state index in [0.29, 0.717) is 5.89 Å². The van der Waals surface area contributed by atoms with Crippen LogP contribution in [0.5, 0.6) is 0 Å². The number of nitrogens with zero attached hydrogens (tertiary/aromatic N) is 3. The van der Waals surface area contributed by atoms with Gasteiger partial charge in [-0.1, -0.05) is 111 Å². The van der Waals surface area contributed by atoms with Gasteiger partial charge in [0.1, 0.15) is 5.52 Å². The molecule has 0 radical (unpaired) electrons. The zero-order valence-electron chi connectivity index (χ0n) is 25.5. The minimum absolute atomic E-state index is 0.173. The van der Waals surface area contributed by atoms with Crippen molar-refractivity contribution in [2.75, 3.05) is 0 Å². The van der Waals surface area contributed by atoms with Gasteiger partial charge in [0.2, 0.25) is 5.89 Å². The highest BCUT2D eigenvalue weighted by Gasteiger charge is 2.36. The second-order valence-corrected chi connectivity index (χ2v) is 12.5. The molecule has 6 aromatic carbocycles. The van der Waals surface area contributed by atoms with Crippen LogP contribution >= 0.6 is 0 Å². The first-order valence-corrected chi connectivity index (χ1v) is 15.6. The van der Waals surface area contributed by atoms with Crippen LogP contribution in [0.2, 0.25) is 0 Å². The summed E-state index contributed by atoms with van der Waals surface area (Å²) in [7, 11) is 0. The van der Waals surface area contributed by atoms with Gasteiger partial charge in [0, 0.05) is 22.1 Å². The summed E-state index contributed by atoms with van der Waals surface area (Å²) in [4.78, 5) is 14.9. The van der Waals surface area contributed by atoms with Gasteiger partial charge < -0.3 is 4.42 Å². The van der Waals surface area contributed by atoms with Crippen LogP contribution in [-0.2, 0) is 5.41 Å². The first kappa shape index (κ1) is 26.5. The van der Waals surface area contributed by atoms with Gasteiger partial charge in [-0.25, -0.2) is 15.0 Å². The van der Waals surface area contributed by atoms with Crippen LogP contribution in [0, 0.1) is 0 Å². The third kappa shape index (κ3) is 4.18. The molecule has 0 spiro atoms. The molecule has 9 rings (SSSR count). The van der Waals surface area contributed by atoms with E-state index in [2.05, 4.69) is 86.6 Å². The Morgan fingerprint density at radius 2 is 0.935 bits per heavy atom. The molecular weight excluding hydrogens is 562 g/mol. The Morgan fingerprint density at radius 1 is 0.435 bits per heavy atom. The number of rotatable bonds is 4. The zero-order valence-corrected chi connectivity index (χ0v) is 25.5. The lowest BCUT2D eigenvalue weighted by Crippen LogP contribution is -2.15. The molecule has 0 saturated carbocycles. The number of aromatic nitrogens is 3. The van der Waals surface area contributed by atoms with E-state index in [1.807, 2.05) is 66.7 Å². The van der Waals surface area contributed by atoms with Crippen LogP contribution in [0.4, 0.5) is 0 Å². The van der Waals surface area contributed by atoms with Crippen LogP contribution in [0.1, 0.15) is 25.0 Å². The topological polar surface area (TPSA) is 51.8 Å². The fourth-order valence-corrected chi connectivity index (χ4v) is 6.86. The molecule has 0 aliphatic heterocycles. The van der Waals surface area contributed by atoms with E-state index in [9.17, 15) is 0 Å². The van der Waals surface area contributed by atoms with Crippen molar-refractivity contribution in [3.63, 3.8) is 0 Å². The lowest BCUT2D eigenvalue weighted by Gasteiger charge is -2.22. The van der Waals surface area contributed by atoms with Gasteiger partial charge in [0.15, 0.2) is 5.58 Å². The number of hydrogen-bond acceptors (Lipinski definition) is 4. The fraction of sp³-hybridized carbons (Fsp3) is 0.0714. The van der Waals surface area contributed by atoms with Crippen molar-refractivity contribution in [2.24, 2.45) is 0 Å². The van der Waals surface area contributed by atoms with Crippen molar-refractivity contribution in [2.45, 2.75) is 19.3 Å². The molecule has 2 heterocycles. The Balaban J connectivity index is 1.08. The van der Waals surface area contributed by atoms with Gasteiger partial charge in [-0.05, 0) is 75.8 Å². The van der Waals surface area contributed by atoms with Crippen molar-refractivity contribution < 1.29 is 4.42 Å². The van der Waals surface area contributed by atoms with E-state index in [0.717, 1.165) is 50.2 Å². The smallest absolute Gasteiger partial charge is 0.227 e. The highest BCUT2D eigenvalue weighted by atomic mass is 16.3. The summed E-state index contributed by atoms with van der Waals surface area (Å²) in [6.45, 7) is 4.62. The van der Waals surface area contributed by atoms with Gasteiger partial charge in [0.05, 0.1) is 22.4 Å². The standard InChI is InChI=1S/C42H29N3O/c1-42(2)33-24-29(20-22-31(33)32-23-21-30(25-34(32)42)41-45-37-14-8-9-15-38(37)46-41)26-16-18-28(19-17-26)40-39(27-10-4-3-5-11-27)43-35-12-6-7-13-36(35)44-40/h3-25H,1-2H3. The third-order valence-electron chi connectivity index (χ3n) is 9.33. The SMILES string of the molecule is CC1(C)c2cc(-c3ccc(-c4nc5ccccc5nc4-c4ccccc4)cc3)ccc2-c2ccc(-c3nc4ccccc4o3)cc21. The summed E-state index contributed by atoms with van der Waals surface area (Å²) in [5.74, 6) is 0.656. The highest BCUT2D eigenvalue weighted by molar-refractivity contribution is 5.88. The Bertz CT molecular complexity index is 2410. The second kappa shape index (κ2) is 10.1. The van der Waals surface area contributed by atoms with Crippen molar-refractivity contribution in [3.05, 3.63) is 151 Å². The number of para-hydroxylation sites is 4. The summed E-state index contributed by atoms with van der Waals surface area (Å²) in [6, 6.07) is 48.5. The van der Waals surface area contributed by atoms with Crippen LogP contribution < -0.4 is 0 Å². The van der Waals surface area contributed by atoms with Gasteiger partial charge in [-0.2, -0.15) is 0 Å². The maximum Gasteiger partial charge on any atom is 0.227 e. The van der Waals surface area contributed by atoms with Gasteiger partial charge in [-0.3, -0.25) is 0 Å². The minimum Gasteiger partial charge on any atom is -0.436 e. The van der Waals surface area contributed by atoms with Gasteiger partial charge in [-0.15, -0.1) is 0 Å². The summed E-state index contributed by atoms with van der Waals surface area (Å²) in [6.07, 6.45) is 0. The average molecular weight is 592 g/mol. The first-order chi connectivity index (χ1) is 22.5. The van der Waals surface area contributed by atoms with Crippen molar-refractivity contribution in [3.8, 4) is 56.2 Å². The summed E-state index contributed by atoms with van der Waals surface area (Å²) in [5.41, 5.74) is 15.7. The monoisotopic (exact) mass is 591 g/mol. The quantitative estimate of drug-likeness (QED) is 0.204. The zero-order chi connectivity index (χ0) is 30.8. The Hall–Kier alpha value is -5.87. The Kier molecular flexibility index (Phi) is 5.81. The molecule has 0 N–H and O–H groups in total. The van der Waals surface area contributed by atoms with E-state index in [1.54, 1.807) is 0 Å². The van der Waals surface area contributed by atoms with Crippen molar-refractivity contribution in [1.82, 2.24) is 15.0 Å². The predicted molar refractivity (Wildman–Crippen MR) is 186 cm³/mol. The number of hydrogen-bond donors (Lipinski definition) is 0. The van der Waals surface area contributed by atoms with E-state index >= 15 is 0 Å². The van der Waals surface area contributed by atoms with Gasteiger partial charge in [0.25, 0.3) is 0 Å². The lowest BCUT2D eigenvalue weighted by atomic mass is 9.81. The molecule has 0 amide bonds. The fourth-order valence-electron chi connectivity index (χ4n) is 6.86. The largest absolute Gasteiger partial charge is 0.436 e. The molecule has 1 aliphatic rings. The number of benzene rings is 6. The van der Waals surface area contributed by atoms with E-state index in [1.165, 1.54) is 33.4 Å². The molecule has 0 saturated heterocycles. The molecule has 8 aromatic rings. The maximum atomic E-state index is 6.11. The van der Waals surface area contributed by atoms with E-state index < -0.39 is 0 Å². The predicted octanol–water partition coefficient (Wildman–Crippen LogP) is 10.7. The molecule has 0 fully saturated rings. The van der Waals surface area contributed by atoms with Crippen LogP contribution in [-0.4, -0.2) is 15.0 Å². The molecule has 2 aromatic heterocycles. The molecule has 0 atom stereocenters. The minimum atomic E-state index is -0.173. The molecule has 46 heavy (non-hydrogen) atoms. The highest BCUT2D eigenvalue weighted by Crippen LogP contribution is 2.50. The summed E-state index contributed by atoms with van der Waals surface area (Å²) < 4.78 is 6.11. The molecule has 4 nitrogen and oxygen atoms in total. The van der Waals surface area contributed by atoms with E-state index in [4.69, 9.17) is 19.4 Å². The average Bonchev–Trinajstić information content (AvgIpc) is 3.64. The molecule has 4 heteroatoms. The van der Waals surface area contributed by atoms with Crippen LogP contribution in [0.15, 0.2) is 144 Å². The Morgan fingerprint density at radius 3 is 1.59 bits per heavy atom. The molecule has 0 unspecified atom stereocenters. The lowest BCUT2D eigenvalue weighted by molar-refractivity contribution is 0.618. The maximum absolute atomic E-state index is 6.11. The van der Waals surface area contributed by atoms with Crippen LogP contribution in [0.3, 0.4) is 0 Å². The van der Waals surface area contributed by atoms with E-state index in [-0.39, 0.29) is 5.41 Å². The van der Waals surface area contributed by atoms with Gasteiger partial charge >= 0.3 is 0 Å².